The molecular weight excluding hydrogens is 300 g/mol. The molecule has 0 bridgehead atoms. The van der Waals surface area contributed by atoms with Gasteiger partial charge in [-0.1, -0.05) is 36.6 Å². The van der Waals surface area contributed by atoms with Crippen LogP contribution < -0.4 is 5.32 Å². The van der Waals surface area contributed by atoms with E-state index in [-0.39, 0.29) is 0 Å². The van der Waals surface area contributed by atoms with E-state index >= 15 is 0 Å². The summed E-state index contributed by atoms with van der Waals surface area (Å²) in [7, 11) is 0. The number of benzene rings is 1. The Morgan fingerprint density at radius 3 is 2.62 bits per heavy atom. The van der Waals surface area contributed by atoms with Crippen LogP contribution in [0, 0.1) is 0 Å². The van der Waals surface area contributed by atoms with Crippen molar-refractivity contribution in [1.29, 1.82) is 0 Å². The minimum absolute atomic E-state index is 0.295. The van der Waals surface area contributed by atoms with Crippen molar-refractivity contribution in [3.05, 3.63) is 41.4 Å². The van der Waals surface area contributed by atoms with Gasteiger partial charge in [-0.05, 0) is 37.5 Å². The molecular formula is C15H18ClF2NO2. The number of para-hydroxylation sites is 1. The molecule has 0 unspecified atom stereocenters. The molecule has 0 aliphatic rings. The molecule has 1 amide bonds. The maximum Gasteiger partial charge on any atom is 0.411 e. The zero-order valence-corrected chi connectivity index (χ0v) is 12.3. The molecule has 3 nitrogen and oxygen atoms in total. The molecule has 0 atom stereocenters. The van der Waals surface area contributed by atoms with Gasteiger partial charge in [-0.3, -0.25) is 5.32 Å². The second-order valence-electron chi connectivity index (χ2n) is 4.44. The van der Waals surface area contributed by atoms with Gasteiger partial charge in [-0.15, -0.1) is 0 Å². The molecule has 116 valence electrons. The van der Waals surface area contributed by atoms with Gasteiger partial charge in [0.15, 0.2) is 0 Å². The molecule has 1 aromatic rings. The van der Waals surface area contributed by atoms with E-state index in [2.05, 4.69) is 5.32 Å². The van der Waals surface area contributed by atoms with Gasteiger partial charge in [0.2, 0.25) is 0 Å². The van der Waals surface area contributed by atoms with Gasteiger partial charge < -0.3 is 4.74 Å². The molecule has 1 aromatic carbocycles. The van der Waals surface area contributed by atoms with Gasteiger partial charge in [0, 0.05) is 0 Å². The predicted molar refractivity (Wildman–Crippen MR) is 79.8 cm³/mol. The Bertz CT molecular complexity index is 476. The Labute approximate surface area is 127 Å². The highest BCUT2D eigenvalue weighted by atomic mass is 35.5. The summed E-state index contributed by atoms with van der Waals surface area (Å²) in [5, 5.41) is 3.00. The zero-order chi connectivity index (χ0) is 15.5. The number of rotatable bonds is 8. The van der Waals surface area contributed by atoms with Crippen molar-refractivity contribution in [2.75, 3.05) is 11.9 Å². The summed E-state index contributed by atoms with van der Waals surface area (Å²) in [4.78, 5) is 11.5. The third-order valence-corrected chi connectivity index (χ3v) is 3.07. The quantitative estimate of drug-likeness (QED) is 0.632. The number of allylic oxidation sites excluding steroid dienone is 1. The minimum atomic E-state index is -1.63. The topological polar surface area (TPSA) is 38.3 Å². The maximum atomic E-state index is 11.7. The van der Waals surface area contributed by atoms with E-state index < -0.39 is 12.2 Å². The number of anilines is 1. The second-order valence-corrected chi connectivity index (χ2v) is 4.84. The summed E-state index contributed by atoms with van der Waals surface area (Å²) in [6.45, 7) is 0.295. The van der Waals surface area contributed by atoms with E-state index in [0.717, 1.165) is 18.9 Å². The van der Waals surface area contributed by atoms with Crippen LogP contribution in [0.5, 0.6) is 0 Å². The van der Waals surface area contributed by atoms with Crippen LogP contribution >= 0.6 is 11.6 Å². The fourth-order valence-corrected chi connectivity index (χ4v) is 1.87. The van der Waals surface area contributed by atoms with E-state index in [4.69, 9.17) is 16.3 Å². The minimum Gasteiger partial charge on any atom is -0.449 e. The molecule has 6 heteroatoms. The molecule has 0 aliphatic carbocycles. The van der Waals surface area contributed by atoms with Crippen LogP contribution in [0.2, 0.25) is 5.02 Å². The van der Waals surface area contributed by atoms with Gasteiger partial charge in [0.1, 0.15) is 0 Å². The van der Waals surface area contributed by atoms with Crippen molar-refractivity contribution in [3.63, 3.8) is 0 Å². The smallest absolute Gasteiger partial charge is 0.411 e. The molecule has 0 aliphatic heterocycles. The highest BCUT2D eigenvalue weighted by Crippen LogP contribution is 2.20. The fraction of sp³-hybridized carbons (Fsp3) is 0.400. The Balaban J connectivity index is 2.06. The summed E-state index contributed by atoms with van der Waals surface area (Å²) in [6.07, 6.45) is 2.21. The second kappa shape index (κ2) is 10.2. The maximum absolute atomic E-state index is 11.7. The van der Waals surface area contributed by atoms with Crippen LogP contribution in [-0.4, -0.2) is 12.7 Å². The van der Waals surface area contributed by atoms with Gasteiger partial charge in [0.05, 0.1) is 17.3 Å². The Morgan fingerprint density at radius 1 is 1.19 bits per heavy atom. The molecule has 0 heterocycles. The van der Waals surface area contributed by atoms with Gasteiger partial charge in [-0.25, -0.2) is 4.79 Å². The predicted octanol–water partition coefficient (Wildman–Crippen LogP) is 5.62. The monoisotopic (exact) mass is 317 g/mol. The van der Waals surface area contributed by atoms with Crippen LogP contribution in [0.25, 0.3) is 0 Å². The molecule has 0 saturated heterocycles. The lowest BCUT2D eigenvalue weighted by Gasteiger charge is -2.08. The Morgan fingerprint density at radius 2 is 1.90 bits per heavy atom. The van der Waals surface area contributed by atoms with Crippen LogP contribution in [0.1, 0.15) is 32.1 Å². The number of ether oxygens (including phenoxy) is 1. The van der Waals surface area contributed by atoms with Crippen molar-refractivity contribution in [1.82, 2.24) is 0 Å². The van der Waals surface area contributed by atoms with Gasteiger partial charge in [-0.2, -0.15) is 8.78 Å². The van der Waals surface area contributed by atoms with E-state index in [0.29, 0.717) is 36.6 Å². The average molecular weight is 318 g/mol. The average Bonchev–Trinajstić information content (AvgIpc) is 2.44. The number of halogens is 3. The number of nitrogens with one attached hydrogen (secondary N) is 1. The first-order valence-corrected chi connectivity index (χ1v) is 7.17. The van der Waals surface area contributed by atoms with Gasteiger partial charge in [0.25, 0.3) is 6.08 Å². The van der Waals surface area contributed by atoms with Crippen LogP contribution in [-0.2, 0) is 4.74 Å². The van der Waals surface area contributed by atoms with E-state index in [9.17, 15) is 13.6 Å². The summed E-state index contributed by atoms with van der Waals surface area (Å²) in [5.74, 6) is 0. The normalized spacial score (nSPS) is 10.0. The first kappa shape index (κ1) is 17.4. The Hall–Kier alpha value is -1.62. The molecule has 1 N–H and O–H groups in total. The number of unbranched alkanes of at least 4 members (excludes halogenated alkanes) is 4. The number of amides is 1. The number of hydrogen-bond acceptors (Lipinski definition) is 2. The van der Waals surface area contributed by atoms with Crippen molar-refractivity contribution in [2.24, 2.45) is 0 Å². The summed E-state index contributed by atoms with van der Waals surface area (Å²) in [5.41, 5.74) is 0.504. The van der Waals surface area contributed by atoms with E-state index in [1.807, 2.05) is 0 Å². The first-order valence-electron chi connectivity index (χ1n) is 6.79. The number of carbonyl (C=O) groups excluding carboxylic acids is 1. The lowest BCUT2D eigenvalue weighted by atomic mass is 10.1. The summed E-state index contributed by atoms with van der Waals surface area (Å²) >= 11 is 5.89. The lowest BCUT2D eigenvalue weighted by Crippen LogP contribution is -2.14. The number of carbonyl (C=O) groups is 1. The highest BCUT2D eigenvalue weighted by Gasteiger charge is 2.05. The SMILES string of the molecule is O=C(Nc1ccccc1Cl)OCCCCCCC=C(F)F. The summed E-state index contributed by atoms with van der Waals surface area (Å²) < 4.78 is 28.5. The van der Waals surface area contributed by atoms with Crippen molar-refractivity contribution < 1.29 is 18.3 Å². The number of hydrogen-bond donors (Lipinski definition) is 1. The standard InChI is InChI=1S/C15H18ClF2NO2/c16-12-8-5-6-9-13(12)19-15(20)21-11-7-3-1-2-4-10-14(17)18/h5-6,8-10H,1-4,7,11H2,(H,19,20). The van der Waals surface area contributed by atoms with Crippen molar-refractivity contribution in [3.8, 4) is 0 Å². The summed E-state index contributed by atoms with van der Waals surface area (Å²) in [6, 6.07) is 6.88. The van der Waals surface area contributed by atoms with E-state index in [1.54, 1.807) is 24.3 Å². The molecule has 21 heavy (non-hydrogen) atoms. The lowest BCUT2D eigenvalue weighted by molar-refractivity contribution is 0.159. The van der Waals surface area contributed by atoms with Gasteiger partial charge >= 0.3 is 6.09 Å². The van der Waals surface area contributed by atoms with E-state index in [1.165, 1.54) is 0 Å². The molecule has 0 radical (unpaired) electrons. The third-order valence-electron chi connectivity index (χ3n) is 2.74. The molecule has 0 spiro atoms. The highest BCUT2D eigenvalue weighted by molar-refractivity contribution is 6.33. The molecule has 0 fully saturated rings. The largest absolute Gasteiger partial charge is 0.449 e. The van der Waals surface area contributed by atoms with Crippen LogP contribution in [0.4, 0.5) is 19.3 Å². The van der Waals surface area contributed by atoms with Crippen LogP contribution in [0.3, 0.4) is 0 Å². The molecule has 0 saturated carbocycles. The van der Waals surface area contributed by atoms with Crippen LogP contribution in [0.15, 0.2) is 36.4 Å². The molecule has 1 rings (SSSR count). The first-order chi connectivity index (χ1) is 10.1. The fourth-order valence-electron chi connectivity index (χ4n) is 1.68. The Kier molecular flexibility index (Phi) is 8.43. The van der Waals surface area contributed by atoms with Crippen molar-refractivity contribution in [2.45, 2.75) is 32.1 Å². The zero-order valence-electron chi connectivity index (χ0n) is 11.6. The molecule has 0 aromatic heterocycles. The van der Waals surface area contributed by atoms with Crippen molar-refractivity contribution >= 4 is 23.4 Å². The third kappa shape index (κ3) is 8.30.